The Labute approximate surface area is 123 Å². The molecule has 21 heavy (non-hydrogen) atoms. The Morgan fingerprint density at radius 2 is 2.14 bits per heavy atom. The van der Waals surface area contributed by atoms with Crippen LogP contribution in [0, 0.1) is 18.3 Å². The Bertz CT molecular complexity index is 715. The van der Waals surface area contributed by atoms with Gasteiger partial charge in [-0.25, -0.2) is 13.1 Å². The van der Waals surface area contributed by atoms with Gasteiger partial charge in [0.2, 0.25) is 10.0 Å². The van der Waals surface area contributed by atoms with Crippen LogP contribution in [0.15, 0.2) is 23.1 Å². The van der Waals surface area contributed by atoms with Crippen molar-refractivity contribution in [1.29, 1.82) is 5.26 Å². The predicted octanol–water partition coefficient (Wildman–Crippen LogP) is 1.54. The van der Waals surface area contributed by atoms with Crippen LogP contribution in [0.1, 0.15) is 36.8 Å². The van der Waals surface area contributed by atoms with E-state index in [4.69, 9.17) is 10.4 Å². The smallest absolute Gasteiger partial charge is 0.305 e. The van der Waals surface area contributed by atoms with Crippen LogP contribution in [0.3, 0.4) is 0 Å². The molecule has 2 N–H and O–H groups in total. The summed E-state index contributed by atoms with van der Waals surface area (Å²) in [7, 11) is -3.79. The van der Waals surface area contributed by atoms with Crippen LogP contribution < -0.4 is 4.72 Å². The third kappa shape index (κ3) is 3.23. The lowest BCUT2D eigenvalue weighted by Crippen LogP contribution is -2.54. The van der Waals surface area contributed by atoms with E-state index in [0.717, 1.165) is 6.42 Å². The van der Waals surface area contributed by atoms with Gasteiger partial charge in [0.25, 0.3) is 0 Å². The van der Waals surface area contributed by atoms with Gasteiger partial charge in [-0.05, 0) is 49.9 Å². The van der Waals surface area contributed by atoms with Gasteiger partial charge in [-0.15, -0.1) is 0 Å². The Morgan fingerprint density at radius 3 is 2.57 bits per heavy atom. The summed E-state index contributed by atoms with van der Waals surface area (Å²) in [6.07, 6.45) is 1.63. The van der Waals surface area contributed by atoms with E-state index < -0.39 is 21.5 Å². The zero-order chi connectivity index (χ0) is 15.7. The van der Waals surface area contributed by atoms with Crippen LogP contribution in [0.4, 0.5) is 0 Å². The van der Waals surface area contributed by atoms with Gasteiger partial charge in [-0.3, -0.25) is 4.79 Å². The van der Waals surface area contributed by atoms with Gasteiger partial charge in [0, 0.05) is 5.54 Å². The second-order valence-corrected chi connectivity index (χ2v) is 7.08. The number of rotatable bonds is 5. The molecule has 1 fully saturated rings. The van der Waals surface area contributed by atoms with Crippen LogP contribution in [-0.2, 0) is 14.8 Å². The number of nitriles is 1. The molecule has 0 aromatic heterocycles. The monoisotopic (exact) mass is 308 g/mol. The maximum Gasteiger partial charge on any atom is 0.305 e. The van der Waals surface area contributed by atoms with Crippen LogP contribution >= 0.6 is 0 Å². The highest BCUT2D eigenvalue weighted by atomic mass is 32.2. The number of aliphatic carboxylic acids is 1. The van der Waals surface area contributed by atoms with E-state index in [2.05, 4.69) is 4.72 Å². The SMILES string of the molecule is Cc1cc(S(=O)(=O)NC2(CC(=O)O)CCC2)ccc1C#N. The number of sulfonamides is 1. The van der Waals surface area contributed by atoms with Crippen molar-refractivity contribution in [1.82, 2.24) is 4.72 Å². The molecule has 1 aromatic rings. The van der Waals surface area contributed by atoms with E-state index in [0.29, 0.717) is 24.0 Å². The van der Waals surface area contributed by atoms with Gasteiger partial charge < -0.3 is 5.11 Å². The summed E-state index contributed by atoms with van der Waals surface area (Å²) in [5.41, 5.74) is 0.103. The maximum atomic E-state index is 12.4. The van der Waals surface area contributed by atoms with Gasteiger partial charge in [0.1, 0.15) is 0 Å². The molecule has 1 aliphatic rings. The minimum Gasteiger partial charge on any atom is -0.481 e. The first-order valence-corrected chi connectivity index (χ1v) is 8.03. The molecule has 1 saturated carbocycles. The van der Waals surface area contributed by atoms with E-state index in [9.17, 15) is 13.2 Å². The van der Waals surface area contributed by atoms with E-state index in [-0.39, 0.29) is 11.3 Å². The van der Waals surface area contributed by atoms with Crippen LogP contribution in [0.2, 0.25) is 0 Å². The van der Waals surface area contributed by atoms with Crippen molar-refractivity contribution in [3.05, 3.63) is 29.3 Å². The van der Waals surface area contributed by atoms with Gasteiger partial charge in [-0.2, -0.15) is 5.26 Å². The molecule has 0 saturated heterocycles. The number of carbonyl (C=O) groups is 1. The molecular weight excluding hydrogens is 292 g/mol. The number of carboxylic acids is 1. The fraction of sp³-hybridized carbons (Fsp3) is 0.429. The molecule has 0 aliphatic heterocycles. The van der Waals surface area contributed by atoms with Crippen molar-refractivity contribution < 1.29 is 18.3 Å². The number of benzene rings is 1. The van der Waals surface area contributed by atoms with Crippen LogP contribution in [0.25, 0.3) is 0 Å². The van der Waals surface area contributed by atoms with Crippen LogP contribution in [-0.4, -0.2) is 25.0 Å². The fourth-order valence-corrected chi connectivity index (χ4v) is 4.02. The van der Waals surface area contributed by atoms with Crippen molar-refractivity contribution >= 4 is 16.0 Å². The largest absolute Gasteiger partial charge is 0.481 e. The molecule has 0 unspecified atom stereocenters. The van der Waals surface area contributed by atoms with Crippen molar-refractivity contribution in [2.24, 2.45) is 0 Å². The third-order valence-corrected chi connectivity index (χ3v) is 5.36. The Morgan fingerprint density at radius 1 is 1.48 bits per heavy atom. The summed E-state index contributed by atoms with van der Waals surface area (Å²) in [6, 6.07) is 6.22. The minimum atomic E-state index is -3.79. The number of nitrogens with zero attached hydrogens (tertiary/aromatic N) is 1. The second kappa shape index (κ2) is 5.47. The molecule has 7 heteroatoms. The summed E-state index contributed by atoms with van der Waals surface area (Å²) in [5.74, 6) is -1.02. The molecule has 112 valence electrons. The molecule has 0 spiro atoms. The van der Waals surface area contributed by atoms with E-state index in [1.165, 1.54) is 18.2 Å². The molecular formula is C14H16N2O4S. The normalized spacial score (nSPS) is 16.8. The first-order valence-electron chi connectivity index (χ1n) is 6.55. The second-order valence-electron chi connectivity index (χ2n) is 5.40. The van der Waals surface area contributed by atoms with Crippen molar-refractivity contribution in [2.45, 2.75) is 43.0 Å². The molecule has 2 rings (SSSR count). The molecule has 6 nitrogen and oxygen atoms in total. The lowest BCUT2D eigenvalue weighted by molar-refractivity contribution is -0.139. The number of carboxylic acid groups (broad SMARTS) is 1. The Kier molecular flexibility index (Phi) is 4.03. The molecule has 1 aliphatic carbocycles. The lowest BCUT2D eigenvalue weighted by Gasteiger charge is -2.41. The van der Waals surface area contributed by atoms with Crippen molar-refractivity contribution in [3.8, 4) is 6.07 Å². The quantitative estimate of drug-likeness (QED) is 0.858. The van der Waals surface area contributed by atoms with Gasteiger partial charge in [0.15, 0.2) is 0 Å². The van der Waals surface area contributed by atoms with Crippen molar-refractivity contribution in [2.75, 3.05) is 0 Å². The number of nitrogens with one attached hydrogen (secondary N) is 1. The van der Waals surface area contributed by atoms with Gasteiger partial charge in [0.05, 0.1) is 22.9 Å². The first-order chi connectivity index (χ1) is 9.78. The van der Waals surface area contributed by atoms with Gasteiger partial charge >= 0.3 is 5.97 Å². The summed E-state index contributed by atoms with van der Waals surface area (Å²) in [5, 5.41) is 17.8. The molecule has 0 radical (unpaired) electrons. The molecule has 1 aromatic carbocycles. The standard InChI is InChI=1S/C14H16N2O4S/c1-10-7-12(4-3-11(10)9-15)21(19,20)16-14(5-2-6-14)8-13(17)18/h3-4,7,16H,2,5-6,8H2,1H3,(H,17,18). The van der Waals surface area contributed by atoms with Gasteiger partial charge in [-0.1, -0.05) is 0 Å². The predicted molar refractivity (Wildman–Crippen MR) is 75.1 cm³/mol. The average Bonchev–Trinajstić information content (AvgIpc) is 2.35. The average molecular weight is 308 g/mol. The fourth-order valence-electron chi connectivity index (χ4n) is 2.48. The Hall–Kier alpha value is -1.91. The lowest BCUT2D eigenvalue weighted by atomic mass is 9.75. The highest BCUT2D eigenvalue weighted by Gasteiger charge is 2.42. The molecule has 0 bridgehead atoms. The summed E-state index contributed by atoms with van der Waals surface area (Å²) in [4.78, 5) is 10.9. The van der Waals surface area contributed by atoms with E-state index >= 15 is 0 Å². The number of hydrogen-bond acceptors (Lipinski definition) is 4. The third-order valence-electron chi connectivity index (χ3n) is 3.78. The Balaban J connectivity index is 2.28. The highest BCUT2D eigenvalue weighted by Crippen LogP contribution is 2.36. The minimum absolute atomic E-state index is 0.0515. The van der Waals surface area contributed by atoms with Crippen LogP contribution in [0.5, 0.6) is 0 Å². The topological polar surface area (TPSA) is 107 Å². The summed E-state index contributed by atoms with van der Waals surface area (Å²) >= 11 is 0. The van der Waals surface area contributed by atoms with Crippen molar-refractivity contribution in [3.63, 3.8) is 0 Å². The summed E-state index contributed by atoms with van der Waals surface area (Å²) < 4.78 is 27.3. The number of aryl methyl sites for hydroxylation is 1. The number of hydrogen-bond donors (Lipinski definition) is 2. The molecule has 0 atom stereocenters. The van der Waals surface area contributed by atoms with E-state index in [1.54, 1.807) is 6.92 Å². The maximum absolute atomic E-state index is 12.4. The zero-order valence-corrected chi connectivity index (χ0v) is 12.4. The molecule has 0 amide bonds. The summed E-state index contributed by atoms with van der Waals surface area (Å²) in [6.45, 7) is 1.66. The van der Waals surface area contributed by atoms with E-state index in [1.807, 2.05) is 6.07 Å². The first kappa shape index (κ1) is 15.5. The zero-order valence-electron chi connectivity index (χ0n) is 11.6. The molecule has 0 heterocycles. The highest BCUT2D eigenvalue weighted by molar-refractivity contribution is 7.89.